The van der Waals surface area contributed by atoms with Crippen LogP contribution in [0.5, 0.6) is 11.5 Å². The molecule has 1 heterocycles. The Bertz CT molecular complexity index is 963. The molecule has 1 aromatic carbocycles. The van der Waals surface area contributed by atoms with Crippen LogP contribution in [0.4, 0.5) is 0 Å². The van der Waals surface area contributed by atoms with Crippen LogP contribution in [0, 0.1) is 0 Å². The molecule has 0 fully saturated rings. The Morgan fingerprint density at radius 3 is 2.16 bits per heavy atom. The molecule has 0 unspecified atom stereocenters. The fourth-order valence-corrected chi connectivity index (χ4v) is 5.06. The molecule has 0 saturated carbocycles. The molecule has 1 aromatic rings. The van der Waals surface area contributed by atoms with Gasteiger partial charge in [-0.25, -0.2) is 0 Å². The minimum atomic E-state index is -0.580. The van der Waals surface area contributed by atoms with E-state index in [1.807, 2.05) is 12.1 Å². The zero-order valence-corrected chi connectivity index (χ0v) is 18.0. The van der Waals surface area contributed by atoms with Crippen LogP contribution in [-0.2, 0) is 14.4 Å². The van der Waals surface area contributed by atoms with Crippen molar-refractivity contribution in [2.75, 3.05) is 20.3 Å². The average molecular weight is 424 g/mol. The first-order valence-corrected chi connectivity index (χ1v) is 10.8. The molecule has 1 aliphatic heterocycles. The van der Waals surface area contributed by atoms with Crippen molar-refractivity contribution in [1.29, 1.82) is 0 Å². The van der Waals surface area contributed by atoms with Crippen molar-refractivity contribution in [3.8, 4) is 11.5 Å². The summed E-state index contributed by atoms with van der Waals surface area (Å²) in [4.78, 5) is 39.6. The van der Waals surface area contributed by atoms with E-state index in [2.05, 4.69) is 11.8 Å². The molecule has 164 valence electrons. The number of ketones is 2. The van der Waals surface area contributed by atoms with Gasteiger partial charge in [0.05, 0.1) is 7.11 Å². The molecule has 2 aliphatic carbocycles. The number of amides is 1. The standard InChI is InChI=1S/C24H28N2O5/c1-3-26-15-6-4-8-17(27)23(15)22(24-16(26)7-5-9-18(24)28)14-10-11-19(20(12-14)30-2)31-13-21(25)29/h10-12,22H,3-9,13H2,1-2H3,(H2,25,29). The van der Waals surface area contributed by atoms with Crippen molar-refractivity contribution in [1.82, 2.24) is 4.90 Å². The van der Waals surface area contributed by atoms with E-state index in [4.69, 9.17) is 15.2 Å². The Kier molecular flexibility index (Phi) is 5.85. The minimum absolute atomic E-state index is 0.114. The molecule has 4 rings (SSSR count). The fraction of sp³-hybridized carbons (Fsp3) is 0.458. The second-order valence-corrected chi connectivity index (χ2v) is 8.12. The molecule has 0 radical (unpaired) electrons. The smallest absolute Gasteiger partial charge is 0.255 e. The maximum absolute atomic E-state index is 13.1. The maximum atomic E-state index is 13.1. The van der Waals surface area contributed by atoms with Crippen LogP contribution >= 0.6 is 0 Å². The predicted octanol–water partition coefficient (Wildman–Crippen LogP) is 2.99. The van der Waals surface area contributed by atoms with Crippen molar-refractivity contribution >= 4 is 17.5 Å². The van der Waals surface area contributed by atoms with Crippen LogP contribution in [0.1, 0.15) is 56.9 Å². The molecule has 0 aromatic heterocycles. The van der Waals surface area contributed by atoms with Crippen LogP contribution in [0.25, 0.3) is 0 Å². The van der Waals surface area contributed by atoms with Crippen LogP contribution in [-0.4, -0.2) is 42.6 Å². The van der Waals surface area contributed by atoms with E-state index in [1.165, 1.54) is 7.11 Å². The van der Waals surface area contributed by atoms with Crippen molar-refractivity contribution in [3.05, 3.63) is 46.3 Å². The van der Waals surface area contributed by atoms with E-state index < -0.39 is 11.8 Å². The highest BCUT2D eigenvalue weighted by molar-refractivity contribution is 6.06. The predicted molar refractivity (Wildman–Crippen MR) is 115 cm³/mol. The topological polar surface area (TPSA) is 98.9 Å². The summed E-state index contributed by atoms with van der Waals surface area (Å²) < 4.78 is 10.9. The lowest BCUT2D eigenvalue weighted by Gasteiger charge is -2.43. The summed E-state index contributed by atoms with van der Waals surface area (Å²) in [5.41, 5.74) is 9.62. The summed E-state index contributed by atoms with van der Waals surface area (Å²) in [5, 5.41) is 0. The number of ether oxygens (including phenoxy) is 2. The third kappa shape index (κ3) is 3.73. The third-order valence-electron chi connectivity index (χ3n) is 6.29. The number of hydrogen-bond acceptors (Lipinski definition) is 6. The Hall–Kier alpha value is -3.09. The highest BCUT2D eigenvalue weighted by atomic mass is 16.5. The number of carbonyl (C=O) groups is 3. The van der Waals surface area contributed by atoms with Gasteiger partial charge >= 0.3 is 0 Å². The first kappa shape index (κ1) is 21.2. The summed E-state index contributed by atoms with van der Waals surface area (Å²) >= 11 is 0. The molecular weight excluding hydrogens is 396 g/mol. The average Bonchev–Trinajstić information content (AvgIpc) is 2.76. The van der Waals surface area contributed by atoms with E-state index in [0.29, 0.717) is 24.3 Å². The van der Waals surface area contributed by atoms with Gasteiger partial charge in [-0.1, -0.05) is 6.07 Å². The van der Waals surface area contributed by atoms with Crippen LogP contribution in [0.2, 0.25) is 0 Å². The van der Waals surface area contributed by atoms with Crippen LogP contribution in [0.3, 0.4) is 0 Å². The molecule has 0 atom stereocenters. The van der Waals surface area contributed by atoms with Crippen molar-refractivity contribution in [2.24, 2.45) is 5.73 Å². The highest BCUT2D eigenvalue weighted by Gasteiger charge is 2.43. The van der Waals surface area contributed by atoms with Crippen molar-refractivity contribution in [3.63, 3.8) is 0 Å². The first-order chi connectivity index (χ1) is 15.0. The number of hydrogen-bond donors (Lipinski definition) is 1. The van der Waals surface area contributed by atoms with Crippen LogP contribution in [0.15, 0.2) is 40.7 Å². The minimum Gasteiger partial charge on any atom is -0.493 e. The number of allylic oxidation sites excluding steroid dienone is 4. The summed E-state index contributed by atoms with van der Waals surface area (Å²) in [6.45, 7) is 2.56. The fourth-order valence-electron chi connectivity index (χ4n) is 5.06. The molecule has 0 saturated heterocycles. The SMILES string of the molecule is CCN1C2=C(C(=O)CCC2)C(c2ccc(OCC(N)=O)c(OC)c2)C2=C1CCCC2=O. The maximum Gasteiger partial charge on any atom is 0.255 e. The number of rotatable bonds is 6. The largest absolute Gasteiger partial charge is 0.493 e. The highest BCUT2D eigenvalue weighted by Crippen LogP contribution is 2.49. The molecule has 7 nitrogen and oxygen atoms in total. The summed E-state index contributed by atoms with van der Waals surface area (Å²) in [6, 6.07) is 5.37. The van der Waals surface area contributed by atoms with Gasteiger partial charge in [-0.3, -0.25) is 14.4 Å². The second-order valence-electron chi connectivity index (χ2n) is 8.12. The van der Waals surface area contributed by atoms with Gasteiger partial charge in [0.15, 0.2) is 29.7 Å². The van der Waals surface area contributed by atoms with Gasteiger partial charge in [0.2, 0.25) is 0 Å². The second kappa shape index (κ2) is 8.57. The van der Waals surface area contributed by atoms with E-state index in [1.54, 1.807) is 6.07 Å². The molecule has 2 N–H and O–H groups in total. The van der Waals surface area contributed by atoms with Gasteiger partial charge in [-0.2, -0.15) is 0 Å². The summed E-state index contributed by atoms with van der Waals surface area (Å²) in [5.74, 6) is 0.0814. The first-order valence-electron chi connectivity index (χ1n) is 10.8. The third-order valence-corrected chi connectivity index (χ3v) is 6.29. The zero-order valence-electron chi connectivity index (χ0n) is 18.0. The summed E-state index contributed by atoms with van der Waals surface area (Å²) in [6.07, 6.45) is 4.35. The van der Waals surface area contributed by atoms with Gasteiger partial charge in [-0.15, -0.1) is 0 Å². The Morgan fingerprint density at radius 1 is 1.03 bits per heavy atom. The molecule has 0 spiro atoms. The van der Waals surface area contributed by atoms with Gasteiger partial charge in [0.1, 0.15) is 0 Å². The lowest BCUT2D eigenvalue weighted by Crippen LogP contribution is -2.39. The normalized spacial score (nSPS) is 19.4. The lowest BCUT2D eigenvalue weighted by atomic mass is 9.71. The number of Topliss-reactive ketones (excluding diaryl/α,β-unsaturated/α-hetero) is 2. The number of primary amides is 1. The number of nitrogens with zero attached hydrogens (tertiary/aromatic N) is 1. The molecule has 7 heteroatoms. The van der Waals surface area contributed by atoms with E-state index in [0.717, 1.165) is 60.3 Å². The van der Waals surface area contributed by atoms with Gasteiger partial charge in [0.25, 0.3) is 5.91 Å². The monoisotopic (exact) mass is 424 g/mol. The Labute approximate surface area is 181 Å². The molecule has 31 heavy (non-hydrogen) atoms. The van der Waals surface area contributed by atoms with Gasteiger partial charge < -0.3 is 20.1 Å². The van der Waals surface area contributed by atoms with Gasteiger partial charge in [0, 0.05) is 47.8 Å². The van der Waals surface area contributed by atoms with Crippen molar-refractivity contribution in [2.45, 2.75) is 51.4 Å². The summed E-state index contributed by atoms with van der Waals surface area (Å²) in [7, 11) is 1.52. The molecule has 1 amide bonds. The number of benzene rings is 1. The van der Waals surface area contributed by atoms with E-state index in [-0.39, 0.29) is 18.2 Å². The van der Waals surface area contributed by atoms with E-state index >= 15 is 0 Å². The molecular formula is C24H28N2O5. The number of nitrogens with two attached hydrogens (primary N) is 1. The lowest BCUT2D eigenvalue weighted by molar-refractivity contribution is -0.120. The van der Waals surface area contributed by atoms with E-state index in [9.17, 15) is 14.4 Å². The Morgan fingerprint density at radius 2 is 1.65 bits per heavy atom. The Balaban J connectivity index is 1.86. The quantitative estimate of drug-likeness (QED) is 0.754. The van der Waals surface area contributed by atoms with Gasteiger partial charge in [-0.05, 0) is 50.3 Å². The molecule has 3 aliphatic rings. The zero-order chi connectivity index (χ0) is 22.1. The van der Waals surface area contributed by atoms with Crippen molar-refractivity contribution < 1.29 is 23.9 Å². The number of carbonyl (C=O) groups excluding carboxylic acids is 3. The van der Waals surface area contributed by atoms with Crippen LogP contribution < -0.4 is 15.2 Å². The number of methoxy groups -OCH3 is 1. The molecule has 0 bridgehead atoms.